The minimum atomic E-state index is 0.413. The molecular weight excluding hydrogens is 222 g/mol. The fraction of sp³-hybridized carbons (Fsp3) is 0.267. The Balaban J connectivity index is 1.92. The number of aryl methyl sites for hydroxylation is 1. The van der Waals surface area contributed by atoms with Crippen molar-refractivity contribution in [3.8, 4) is 0 Å². The molecule has 3 heteroatoms. The zero-order valence-electron chi connectivity index (χ0n) is 10.3. The molecule has 0 radical (unpaired) electrons. The van der Waals surface area contributed by atoms with Crippen LogP contribution in [0.2, 0.25) is 0 Å². The molecule has 1 atom stereocenters. The third-order valence-electron chi connectivity index (χ3n) is 3.51. The van der Waals surface area contributed by atoms with Gasteiger partial charge in [-0.05, 0) is 24.0 Å². The van der Waals surface area contributed by atoms with Crippen molar-refractivity contribution in [2.75, 3.05) is 11.9 Å². The fourth-order valence-corrected chi connectivity index (χ4v) is 2.69. The second-order valence-corrected chi connectivity index (χ2v) is 4.58. The fourth-order valence-electron chi connectivity index (χ4n) is 2.69. The Morgan fingerprint density at radius 2 is 2.33 bits per heavy atom. The van der Waals surface area contributed by atoms with Crippen molar-refractivity contribution >= 4 is 5.95 Å². The largest absolute Gasteiger partial charge is 0.352 e. The summed E-state index contributed by atoms with van der Waals surface area (Å²) < 4.78 is 2.23. The van der Waals surface area contributed by atoms with Crippen LogP contribution in [0.4, 0.5) is 5.95 Å². The van der Waals surface area contributed by atoms with Crippen LogP contribution in [0.5, 0.6) is 0 Å². The first-order valence-corrected chi connectivity index (χ1v) is 6.35. The SMILES string of the molecule is C=CCNc1nccn1C1CCc2ccccc21. The summed E-state index contributed by atoms with van der Waals surface area (Å²) in [6, 6.07) is 9.10. The van der Waals surface area contributed by atoms with E-state index in [1.807, 2.05) is 12.3 Å². The van der Waals surface area contributed by atoms with E-state index in [-0.39, 0.29) is 0 Å². The van der Waals surface area contributed by atoms with E-state index in [4.69, 9.17) is 0 Å². The van der Waals surface area contributed by atoms with Crippen LogP contribution in [0.3, 0.4) is 0 Å². The monoisotopic (exact) mass is 239 g/mol. The number of imidazole rings is 1. The molecule has 92 valence electrons. The molecule has 3 rings (SSSR count). The van der Waals surface area contributed by atoms with Crippen molar-refractivity contribution < 1.29 is 0 Å². The van der Waals surface area contributed by atoms with Crippen molar-refractivity contribution in [3.05, 3.63) is 60.4 Å². The second-order valence-electron chi connectivity index (χ2n) is 4.58. The maximum atomic E-state index is 4.38. The number of aromatic nitrogens is 2. The average Bonchev–Trinajstić information content (AvgIpc) is 3.02. The van der Waals surface area contributed by atoms with E-state index in [1.165, 1.54) is 11.1 Å². The zero-order valence-corrected chi connectivity index (χ0v) is 10.3. The lowest BCUT2D eigenvalue weighted by molar-refractivity contribution is 0.585. The lowest BCUT2D eigenvalue weighted by Gasteiger charge is -2.17. The van der Waals surface area contributed by atoms with Gasteiger partial charge in [0.05, 0.1) is 6.04 Å². The van der Waals surface area contributed by atoms with Crippen LogP contribution >= 0.6 is 0 Å². The molecular formula is C15H17N3. The zero-order chi connectivity index (χ0) is 12.4. The lowest BCUT2D eigenvalue weighted by atomic mass is 10.1. The van der Waals surface area contributed by atoms with Gasteiger partial charge in [0.2, 0.25) is 5.95 Å². The normalized spacial score (nSPS) is 17.4. The minimum absolute atomic E-state index is 0.413. The van der Waals surface area contributed by atoms with Crippen LogP contribution in [-0.2, 0) is 6.42 Å². The van der Waals surface area contributed by atoms with Gasteiger partial charge in [-0.15, -0.1) is 6.58 Å². The molecule has 1 heterocycles. The Labute approximate surface area is 107 Å². The van der Waals surface area contributed by atoms with Gasteiger partial charge in [-0.2, -0.15) is 0 Å². The van der Waals surface area contributed by atoms with Gasteiger partial charge in [0.1, 0.15) is 0 Å². The van der Waals surface area contributed by atoms with Crippen LogP contribution < -0.4 is 5.32 Å². The number of nitrogens with one attached hydrogen (secondary N) is 1. The Bertz CT molecular complexity index is 556. The molecule has 1 aromatic heterocycles. The quantitative estimate of drug-likeness (QED) is 0.831. The Morgan fingerprint density at radius 3 is 3.22 bits per heavy atom. The van der Waals surface area contributed by atoms with Gasteiger partial charge in [-0.25, -0.2) is 4.98 Å². The van der Waals surface area contributed by atoms with Gasteiger partial charge in [0.15, 0.2) is 0 Å². The summed E-state index contributed by atoms with van der Waals surface area (Å²) in [5.74, 6) is 0.927. The van der Waals surface area contributed by atoms with Gasteiger partial charge in [0.25, 0.3) is 0 Å². The third-order valence-corrected chi connectivity index (χ3v) is 3.51. The standard InChI is InChI=1S/C15H17N3/c1-2-9-16-15-17-10-11-18(15)14-8-7-12-5-3-4-6-13(12)14/h2-6,10-11,14H,1,7-9H2,(H,16,17). The van der Waals surface area contributed by atoms with Crippen molar-refractivity contribution in [2.45, 2.75) is 18.9 Å². The Morgan fingerprint density at radius 1 is 1.44 bits per heavy atom. The summed E-state index contributed by atoms with van der Waals surface area (Å²) in [5, 5.41) is 3.28. The molecule has 0 aliphatic heterocycles. The second kappa shape index (κ2) is 4.69. The Hall–Kier alpha value is -2.03. The number of nitrogens with zero attached hydrogens (tertiary/aromatic N) is 2. The topological polar surface area (TPSA) is 29.9 Å². The van der Waals surface area contributed by atoms with E-state index in [9.17, 15) is 0 Å². The van der Waals surface area contributed by atoms with E-state index >= 15 is 0 Å². The third kappa shape index (κ3) is 1.82. The maximum absolute atomic E-state index is 4.38. The first kappa shape index (κ1) is 11.1. The molecule has 0 spiro atoms. The highest BCUT2D eigenvalue weighted by Crippen LogP contribution is 2.35. The first-order chi connectivity index (χ1) is 8.90. The summed E-state index contributed by atoms with van der Waals surface area (Å²) >= 11 is 0. The summed E-state index contributed by atoms with van der Waals surface area (Å²) in [4.78, 5) is 4.38. The van der Waals surface area contributed by atoms with Gasteiger partial charge < -0.3 is 9.88 Å². The van der Waals surface area contributed by atoms with Crippen LogP contribution in [0.25, 0.3) is 0 Å². The smallest absolute Gasteiger partial charge is 0.203 e. The molecule has 0 amide bonds. The van der Waals surface area contributed by atoms with E-state index in [1.54, 1.807) is 0 Å². The van der Waals surface area contributed by atoms with Crippen molar-refractivity contribution in [1.29, 1.82) is 0 Å². The number of rotatable bonds is 4. The molecule has 0 saturated carbocycles. The highest BCUT2D eigenvalue weighted by atomic mass is 15.2. The predicted octanol–water partition coefficient (Wildman–Crippen LogP) is 3.02. The summed E-state index contributed by atoms with van der Waals surface area (Å²) in [6.45, 7) is 4.47. The molecule has 1 unspecified atom stereocenters. The highest BCUT2D eigenvalue weighted by Gasteiger charge is 2.24. The number of hydrogen-bond acceptors (Lipinski definition) is 2. The number of hydrogen-bond donors (Lipinski definition) is 1. The van der Waals surface area contributed by atoms with Crippen molar-refractivity contribution in [3.63, 3.8) is 0 Å². The number of fused-ring (bicyclic) bond motifs is 1. The number of benzene rings is 1. The molecule has 2 aromatic rings. The molecule has 0 saturated heterocycles. The summed E-state index contributed by atoms with van der Waals surface area (Å²) in [7, 11) is 0. The van der Waals surface area contributed by atoms with Crippen LogP contribution in [0.15, 0.2) is 49.3 Å². The minimum Gasteiger partial charge on any atom is -0.352 e. The molecule has 0 bridgehead atoms. The molecule has 18 heavy (non-hydrogen) atoms. The number of anilines is 1. The lowest BCUT2D eigenvalue weighted by Crippen LogP contribution is -2.12. The summed E-state index contributed by atoms with van der Waals surface area (Å²) in [6.07, 6.45) is 8.06. The molecule has 1 N–H and O–H groups in total. The van der Waals surface area contributed by atoms with Gasteiger partial charge >= 0.3 is 0 Å². The molecule has 1 aliphatic rings. The van der Waals surface area contributed by atoms with E-state index in [0.717, 1.165) is 25.3 Å². The van der Waals surface area contributed by atoms with E-state index < -0.39 is 0 Å². The highest BCUT2D eigenvalue weighted by molar-refractivity contribution is 5.38. The van der Waals surface area contributed by atoms with Gasteiger partial charge in [-0.3, -0.25) is 0 Å². The van der Waals surface area contributed by atoms with E-state index in [2.05, 4.69) is 51.9 Å². The molecule has 0 fully saturated rings. The predicted molar refractivity (Wildman–Crippen MR) is 73.8 cm³/mol. The van der Waals surface area contributed by atoms with Crippen LogP contribution in [0, 0.1) is 0 Å². The van der Waals surface area contributed by atoms with Gasteiger partial charge in [0, 0.05) is 18.9 Å². The maximum Gasteiger partial charge on any atom is 0.203 e. The molecule has 1 aromatic carbocycles. The summed E-state index contributed by atoms with van der Waals surface area (Å²) in [5.41, 5.74) is 2.89. The van der Waals surface area contributed by atoms with Crippen molar-refractivity contribution in [2.24, 2.45) is 0 Å². The van der Waals surface area contributed by atoms with E-state index in [0.29, 0.717) is 6.04 Å². The molecule has 1 aliphatic carbocycles. The van der Waals surface area contributed by atoms with Gasteiger partial charge in [-0.1, -0.05) is 30.3 Å². The van der Waals surface area contributed by atoms with Crippen LogP contribution in [-0.4, -0.2) is 16.1 Å². The first-order valence-electron chi connectivity index (χ1n) is 6.35. The molecule has 3 nitrogen and oxygen atoms in total. The Kier molecular flexibility index (Phi) is 2.89. The van der Waals surface area contributed by atoms with Crippen molar-refractivity contribution in [1.82, 2.24) is 9.55 Å². The van der Waals surface area contributed by atoms with Crippen LogP contribution in [0.1, 0.15) is 23.6 Å². The average molecular weight is 239 g/mol.